The molecule has 1 N–H and O–H groups in total. The van der Waals surface area contributed by atoms with Crippen LogP contribution in [0.15, 0.2) is 29.4 Å². The number of ether oxygens (including phenoxy) is 2. The predicted octanol–water partition coefficient (Wildman–Crippen LogP) is 1.78. The van der Waals surface area contributed by atoms with Crippen LogP contribution < -0.4 is 5.43 Å². The average Bonchev–Trinajstić information content (AvgIpc) is 2.44. The summed E-state index contributed by atoms with van der Waals surface area (Å²) in [5, 5.41) is 3.77. The Balaban J connectivity index is 2.63. The molecule has 1 rings (SSSR count). The van der Waals surface area contributed by atoms with Crippen molar-refractivity contribution in [3.63, 3.8) is 0 Å². The Morgan fingerprint density at radius 3 is 2.79 bits per heavy atom. The molecule has 19 heavy (non-hydrogen) atoms. The highest BCUT2D eigenvalue weighted by atomic mass is 16.6. The molecule has 0 bridgehead atoms. The smallest absolute Gasteiger partial charge is 0.427 e. The molecule has 0 saturated carbocycles. The van der Waals surface area contributed by atoms with E-state index in [9.17, 15) is 9.59 Å². The van der Waals surface area contributed by atoms with Gasteiger partial charge in [0, 0.05) is 6.42 Å². The Bertz CT molecular complexity index is 413. The number of allylic oxidation sites excluding steroid dienone is 4. The van der Waals surface area contributed by atoms with Crippen molar-refractivity contribution >= 4 is 17.8 Å². The van der Waals surface area contributed by atoms with Crippen LogP contribution in [0.25, 0.3) is 0 Å². The minimum Gasteiger partial charge on any atom is -0.464 e. The average molecular weight is 266 g/mol. The van der Waals surface area contributed by atoms with Crippen LogP contribution in [0.1, 0.15) is 19.8 Å². The summed E-state index contributed by atoms with van der Waals surface area (Å²) < 4.78 is 9.30. The number of carbonyl (C=O) groups excluding carboxylic acids is 2. The molecule has 0 aliphatic heterocycles. The van der Waals surface area contributed by atoms with Gasteiger partial charge in [0.25, 0.3) is 0 Å². The van der Waals surface area contributed by atoms with E-state index in [1.165, 1.54) is 7.11 Å². The van der Waals surface area contributed by atoms with Crippen molar-refractivity contribution in [2.75, 3.05) is 13.7 Å². The van der Waals surface area contributed by atoms with Crippen molar-refractivity contribution in [1.82, 2.24) is 5.43 Å². The van der Waals surface area contributed by atoms with Crippen LogP contribution >= 0.6 is 0 Å². The first-order chi connectivity index (χ1) is 9.17. The number of amides is 1. The third-order valence-electron chi connectivity index (χ3n) is 2.50. The largest absolute Gasteiger partial charge is 0.464 e. The summed E-state index contributed by atoms with van der Waals surface area (Å²) in [6.45, 7) is 1.93. The highest BCUT2D eigenvalue weighted by Crippen LogP contribution is 2.16. The van der Waals surface area contributed by atoms with E-state index in [0.29, 0.717) is 6.42 Å². The lowest BCUT2D eigenvalue weighted by Crippen LogP contribution is -2.26. The van der Waals surface area contributed by atoms with Crippen LogP contribution in [0.5, 0.6) is 0 Å². The molecule has 6 nitrogen and oxygen atoms in total. The molecule has 1 aliphatic rings. The third kappa shape index (κ3) is 5.37. The van der Waals surface area contributed by atoms with Crippen molar-refractivity contribution in [2.45, 2.75) is 19.8 Å². The predicted molar refractivity (Wildman–Crippen MR) is 70.6 cm³/mol. The lowest BCUT2D eigenvalue weighted by Gasteiger charge is -2.13. The molecule has 0 fully saturated rings. The van der Waals surface area contributed by atoms with Crippen LogP contribution in [0.3, 0.4) is 0 Å². The molecule has 0 aromatic rings. The maximum atomic E-state index is 11.6. The first-order valence-corrected chi connectivity index (χ1v) is 6.08. The second-order valence-electron chi connectivity index (χ2n) is 3.90. The van der Waals surface area contributed by atoms with E-state index in [0.717, 1.165) is 6.42 Å². The molecule has 1 amide bonds. The van der Waals surface area contributed by atoms with Crippen LogP contribution in [0.2, 0.25) is 0 Å². The Hall–Kier alpha value is -2.11. The van der Waals surface area contributed by atoms with E-state index < -0.39 is 12.1 Å². The lowest BCUT2D eigenvalue weighted by molar-refractivity contribution is -0.132. The first-order valence-electron chi connectivity index (χ1n) is 6.08. The van der Waals surface area contributed by atoms with Crippen molar-refractivity contribution in [1.29, 1.82) is 0 Å². The molecule has 6 heteroatoms. The number of hydrogen-bond donors (Lipinski definition) is 1. The van der Waals surface area contributed by atoms with Gasteiger partial charge >= 0.3 is 12.1 Å². The molecule has 0 radical (unpaired) electrons. The Morgan fingerprint density at radius 2 is 2.21 bits per heavy atom. The number of hydrogen-bond acceptors (Lipinski definition) is 5. The Labute approximate surface area is 112 Å². The fourth-order valence-corrected chi connectivity index (χ4v) is 1.60. The molecule has 0 spiro atoms. The zero-order chi connectivity index (χ0) is 14.1. The van der Waals surface area contributed by atoms with Gasteiger partial charge < -0.3 is 9.47 Å². The van der Waals surface area contributed by atoms with Gasteiger partial charge in [0.1, 0.15) is 5.71 Å². The fourth-order valence-electron chi connectivity index (χ4n) is 1.60. The van der Waals surface area contributed by atoms with Crippen molar-refractivity contribution in [2.24, 2.45) is 11.0 Å². The minimum atomic E-state index is -0.692. The molecule has 0 heterocycles. The Kier molecular flexibility index (Phi) is 6.35. The van der Waals surface area contributed by atoms with E-state index in [1.807, 2.05) is 24.3 Å². The maximum absolute atomic E-state index is 11.6. The summed E-state index contributed by atoms with van der Waals surface area (Å²) in [4.78, 5) is 22.7. The molecule has 1 unspecified atom stereocenters. The number of rotatable bonds is 5. The van der Waals surface area contributed by atoms with E-state index in [2.05, 4.69) is 20.0 Å². The highest BCUT2D eigenvalue weighted by molar-refractivity contribution is 6.36. The topological polar surface area (TPSA) is 77.0 Å². The van der Waals surface area contributed by atoms with E-state index in [-0.39, 0.29) is 18.2 Å². The zero-order valence-electron chi connectivity index (χ0n) is 11.1. The van der Waals surface area contributed by atoms with Gasteiger partial charge in [-0.1, -0.05) is 24.3 Å². The van der Waals surface area contributed by atoms with E-state index in [4.69, 9.17) is 0 Å². The van der Waals surface area contributed by atoms with E-state index >= 15 is 0 Å². The van der Waals surface area contributed by atoms with Gasteiger partial charge in [0.05, 0.1) is 13.7 Å². The quantitative estimate of drug-likeness (QED) is 0.467. The van der Waals surface area contributed by atoms with Gasteiger partial charge in [0.15, 0.2) is 0 Å². The molecule has 1 atom stereocenters. The fraction of sp³-hybridized carbons (Fsp3) is 0.462. The molecule has 0 aromatic carbocycles. The monoisotopic (exact) mass is 266 g/mol. The number of esters is 1. The summed E-state index contributed by atoms with van der Waals surface area (Å²) in [5.74, 6) is -0.383. The second kappa shape index (κ2) is 8.07. The van der Waals surface area contributed by atoms with Crippen LogP contribution in [0, 0.1) is 5.92 Å². The maximum Gasteiger partial charge on any atom is 0.427 e. The van der Waals surface area contributed by atoms with Crippen LogP contribution in [-0.4, -0.2) is 31.5 Å². The van der Waals surface area contributed by atoms with Gasteiger partial charge in [-0.15, -0.1) is 0 Å². The summed E-state index contributed by atoms with van der Waals surface area (Å²) in [6.07, 6.45) is 8.40. The number of nitrogens with zero attached hydrogens (tertiary/aromatic N) is 1. The van der Waals surface area contributed by atoms with Crippen LogP contribution in [0.4, 0.5) is 4.79 Å². The molecule has 0 aromatic heterocycles. The highest BCUT2D eigenvalue weighted by Gasteiger charge is 2.18. The van der Waals surface area contributed by atoms with Gasteiger partial charge in [-0.25, -0.2) is 15.0 Å². The zero-order valence-corrected chi connectivity index (χ0v) is 11.1. The number of hydrazone groups is 1. The van der Waals surface area contributed by atoms with Crippen molar-refractivity contribution in [3.05, 3.63) is 24.3 Å². The summed E-state index contributed by atoms with van der Waals surface area (Å²) in [7, 11) is 1.28. The van der Waals surface area contributed by atoms with Gasteiger partial charge in [-0.2, -0.15) is 5.10 Å². The summed E-state index contributed by atoms with van der Waals surface area (Å²) in [6, 6.07) is 0. The normalized spacial score (nSPS) is 18.0. The van der Waals surface area contributed by atoms with E-state index in [1.54, 1.807) is 6.92 Å². The van der Waals surface area contributed by atoms with Gasteiger partial charge in [-0.05, 0) is 19.3 Å². The Morgan fingerprint density at radius 1 is 1.42 bits per heavy atom. The van der Waals surface area contributed by atoms with Crippen molar-refractivity contribution < 1.29 is 19.1 Å². The first kappa shape index (κ1) is 14.9. The summed E-state index contributed by atoms with van der Waals surface area (Å²) >= 11 is 0. The molecule has 1 aliphatic carbocycles. The molecular formula is C13H18N2O4. The number of methoxy groups -OCH3 is 1. The third-order valence-corrected chi connectivity index (χ3v) is 2.50. The van der Waals surface area contributed by atoms with Gasteiger partial charge in [-0.3, -0.25) is 0 Å². The lowest BCUT2D eigenvalue weighted by atomic mass is 9.95. The number of nitrogens with one attached hydrogen (secondary N) is 1. The molecule has 104 valence electrons. The summed E-state index contributed by atoms with van der Waals surface area (Å²) in [5.41, 5.74) is 2.34. The van der Waals surface area contributed by atoms with Gasteiger partial charge in [0.2, 0.25) is 0 Å². The standard InChI is InChI=1S/C13H18N2O4/c1-3-19-13(17)15-14-11(12(16)18-2)9-10-7-5-4-6-8-10/h4-7,10H,3,8-9H2,1-2H3,(H,15,17)/b14-11-. The van der Waals surface area contributed by atoms with Crippen LogP contribution in [-0.2, 0) is 14.3 Å². The molecular weight excluding hydrogens is 248 g/mol. The SMILES string of the molecule is CCOC(=O)N/N=C(/CC1C=CC=CC1)C(=O)OC. The number of carbonyl (C=O) groups is 2. The van der Waals surface area contributed by atoms with Crippen molar-refractivity contribution in [3.8, 4) is 0 Å². The molecule has 0 saturated heterocycles. The minimum absolute atomic E-state index is 0.167. The second-order valence-corrected chi connectivity index (χ2v) is 3.90.